The quantitative estimate of drug-likeness (QED) is 0.562. The summed E-state index contributed by atoms with van der Waals surface area (Å²) < 4.78 is 66.9. The molecule has 1 aliphatic carbocycles. The van der Waals surface area contributed by atoms with Crippen LogP contribution in [-0.4, -0.2) is 71.2 Å². The van der Waals surface area contributed by atoms with Crippen molar-refractivity contribution in [1.29, 1.82) is 0 Å². The third-order valence-electron chi connectivity index (χ3n) is 6.85. The molecule has 2 heterocycles. The number of sulfonamides is 2. The van der Waals surface area contributed by atoms with Gasteiger partial charge in [0.15, 0.2) is 0 Å². The molecule has 10 nitrogen and oxygen atoms in total. The SMILES string of the molecule is Cc1nn(C)c(N2CCN(c3ccc(Cl)cc3F)CC2)c1C1(S(N)(=O)=O)C=CC(S(=O)(=O)N(C)C)=CC1. The minimum atomic E-state index is -4.26. The number of aromatic nitrogens is 2. The van der Waals surface area contributed by atoms with Gasteiger partial charge in [0, 0.05) is 57.9 Å². The summed E-state index contributed by atoms with van der Waals surface area (Å²) in [6.07, 6.45) is 3.86. The average Bonchev–Trinajstić information content (AvgIpc) is 3.12. The summed E-state index contributed by atoms with van der Waals surface area (Å²) >= 11 is 5.89. The van der Waals surface area contributed by atoms with Crippen LogP contribution in [0.2, 0.25) is 5.02 Å². The monoisotopic (exact) mass is 572 g/mol. The van der Waals surface area contributed by atoms with E-state index in [2.05, 4.69) is 5.10 Å². The molecule has 1 aromatic carbocycles. The zero-order chi connectivity index (χ0) is 27.3. The minimum Gasteiger partial charge on any atom is -0.366 e. The summed E-state index contributed by atoms with van der Waals surface area (Å²) in [4.78, 5) is 3.90. The first kappa shape index (κ1) is 27.6. The van der Waals surface area contributed by atoms with Crippen LogP contribution < -0.4 is 14.9 Å². The molecule has 1 unspecified atom stereocenters. The number of anilines is 2. The molecule has 1 saturated heterocycles. The fraction of sp³-hybridized carbons (Fsp3) is 0.435. The summed E-state index contributed by atoms with van der Waals surface area (Å²) in [6.45, 7) is 3.59. The average molecular weight is 573 g/mol. The first-order valence-corrected chi connectivity index (χ1v) is 14.9. The van der Waals surface area contributed by atoms with Crippen molar-refractivity contribution >= 4 is 43.2 Å². The molecule has 0 spiro atoms. The Labute approximate surface area is 221 Å². The minimum absolute atomic E-state index is 0.00141. The third kappa shape index (κ3) is 4.78. The Kier molecular flexibility index (Phi) is 7.23. The maximum absolute atomic E-state index is 14.5. The van der Waals surface area contributed by atoms with Crippen LogP contribution in [0.5, 0.6) is 0 Å². The number of primary sulfonamides is 1. The van der Waals surface area contributed by atoms with E-state index in [0.29, 0.717) is 54.0 Å². The number of halogens is 2. The van der Waals surface area contributed by atoms with E-state index in [-0.39, 0.29) is 11.3 Å². The Hall–Kier alpha value is -2.45. The van der Waals surface area contributed by atoms with Crippen LogP contribution in [0.4, 0.5) is 15.9 Å². The van der Waals surface area contributed by atoms with Crippen molar-refractivity contribution in [3.63, 3.8) is 0 Å². The molecule has 0 amide bonds. The molecule has 2 aliphatic rings. The molecule has 14 heteroatoms. The second-order valence-corrected chi connectivity index (χ2v) is 13.8. The van der Waals surface area contributed by atoms with Gasteiger partial charge in [0.2, 0.25) is 20.0 Å². The van der Waals surface area contributed by atoms with Gasteiger partial charge in [-0.2, -0.15) is 5.10 Å². The summed E-state index contributed by atoms with van der Waals surface area (Å²) in [5, 5.41) is 10.6. The summed E-state index contributed by atoms with van der Waals surface area (Å²) in [5.41, 5.74) is 1.31. The van der Waals surface area contributed by atoms with Crippen LogP contribution in [0.3, 0.4) is 0 Å². The first-order chi connectivity index (χ1) is 17.2. The first-order valence-electron chi connectivity index (χ1n) is 11.5. The van der Waals surface area contributed by atoms with Crippen molar-refractivity contribution in [2.24, 2.45) is 12.2 Å². The van der Waals surface area contributed by atoms with E-state index < -0.39 is 30.6 Å². The van der Waals surface area contributed by atoms with E-state index in [1.807, 2.05) is 9.80 Å². The molecule has 0 radical (unpaired) electrons. The predicted molar refractivity (Wildman–Crippen MR) is 143 cm³/mol. The van der Waals surface area contributed by atoms with Gasteiger partial charge in [-0.15, -0.1) is 0 Å². The van der Waals surface area contributed by atoms with Gasteiger partial charge in [0.25, 0.3) is 0 Å². The van der Waals surface area contributed by atoms with Crippen LogP contribution in [-0.2, 0) is 31.8 Å². The summed E-state index contributed by atoms with van der Waals surface area (Å²) in [7, 11) is -3.48. The summed E-state index contributed by atoms with van der Waals surface area (Å²) in [5.74, 6) is 0.161. The molecule has 202 valence electrons. The van der Waals surface area contributed by atoms with E-state index in [1.54, 1.807) is 30.8 Å². The van der Waals surface area contributed by atoms with E-state index in [4.69, 9.17) is 16.7 Å². The fourth-order valence-corrected chi connectivity index (χ4v) is 7.16. The smallest absolute Gasteiger partial charge is 0.242 e. The van der Waals surface area contributed by atoms with Gasteiger partial charge in [0.05, 0.1) is 16.3 Å². The third-order valence-corrected chi connectivity index (χ3v) is 10.5. The fourth-order valence-electron chi connectivity index (χ4n) is 4.95. The van der Waals surface area contributed by atoms with Gasteiger partial charge < -0.3 is 9.80 Å². The predicted octanol–water partition coefficient (Wildman–Crippen LogP) is 2.07. The number of rotatable bonds is 6. The van der Waals surface area contributed by atoms with Gasteiger partial charge in [-0.1, -0.05) is 23.8 Å². The maximum atomic E-state index is 14.5. The number of hydrogen-bond donors (Lipinski definition) is 1. The number of hydrogen-bond acceptors (Lipinski definition) is 7. The lowest BCUT2D eigenvalue weighted by molar-refractivity contribution is 0.527. The zero-order valence-corrected chi connectivity index (χ0v) is 23.4. The van der Waals surface area contributed by atoms with Gasteiger partial charge in [-0.05, 0) is 37.6 Å². The number of aryl methyl sites for hydroxylation is 2. The van der Waals surface area contributed by atoms with Crippen LogP contribution in [0.25, 0.3) is 0 Å². The Bertz CT molecular complexity index is 1500. The van der Waals surface area contributed by atoms with Crippen LogP contribution in [0.1, 0.15) is 17.7 Å². The Morgan fingerprint density at radius 3 is 2.24 bits per heavy atom. The molecule has 0 bridgehead atoms. The van der Waals surface area contributed by atoms with Gasteiger partial charge in [-0.25, -0.2) is 30.7 Å². The molecule has 4 rings (SSSR count). The van der Waals surface area contributed by atoms with E-state index in [1.165, 1.54) is 38.4 Å². The number of piperazine rings is 1. The maximum Gasteiger partial charge on any atom is 0.242 e. The van der Waals surface area contributed by atoms with Crippen molar-refractivity contribution < 1.29 is 21.2 Å². The molecule has 2 N–H and O–H groups in total. The van der Waals surface area contributed by atoms with Crippen molar-refractivity contribution in [2.75, 3.05) is 50.1 Å². The molecule has 1 fully saturated rings. The van der Waals surface area contributed by atoms with Crippen LogP contribution in [0.15, 0.2) is 41.3 Å². The normalized spacial score (nSPS) is 21.0. The molecule has 1 aromatic heterocycles. The Balaban J connectivity index is 1.71. The highest BCUT2D eigenvalue weighted by atomic mass is 35.5. The molecule has 2 aromatic rings. The number of benzene rings is 1. The van der Waals surface area contributed by atoms with Crippen LogP contribution >= 0.6 is 11.6 Å². The zero-order valence-electron chi connectivity index (χ0n) is 21.0. The highest BCUT2D eigenvalue weighted by Crippen LogP contribution is 2.45. The summed E-state index contributed by atoms with van der Waals surface area (Å²) in [6, 6.07) is 4.55. The number of allylic oxidation sites excluding steroid dienone is 2. The van der Waals surface area contributed by atoms with Crippen molar-refractivity contribution in [1.82, 2.24) is 14.1 Å². The molecule has 0 saturated carbocycles. The second kappa shape index (κ2) is 9.70. The standard InChI is InChI=1S/C23H30ClFN6O4S2/c1-16-21(23(37(26,34)35)9-7-18(8-10-23)36(32,33)28(2)3)22(29(4)27-16)31-13-11-30(12-14-31)20-6-5-17(24)15-19(20)25/h5-9,15H,10-14H2,1-4H3,(H2,26,34,35). The lowest BCUT2D eigenvalue weighted by atomic mass is 9.90. The molecule has 1 atom stereocenters. The van der Waals surface area contributed by atoms with Crippen LogP contribution in [0, 0.1) is 12.7 Å². The highest BCUT2D eigenvalue weighted by molar-refractivity contribution is 7.93. The van der Waals surface area contributed by atoms with E-state index in [9.17, 15) is 21.2 Å². The van der Waals surface area contributed by atoms with Gasteiger partial charge in [0.1, 0.15) is 16.4 Å². The second-order valence-electron chi connectivity index (χ2n) is 9.34. The Morgan fingerprint density at radius 1 is 1.11 bits per heavy atom. The van der Waals surface area contributed by atoms with Crippen molar-refractivity contribution in [2.45, 2.75) is 18.1 Å². The Morgan fingerprint density at radius 2 is 1.73 bits per heavy atom. The number of nitrogens with zero attached hydrogens (tertiary/aromatic N) is 5. The lowest BCUT2D eigenvalue weighted by Gasteiger charge is -2.39. The molecule has 37 heavy (non-hydrogen) atoms. The lowest BCUT2D eigenvalue weighted by Crippen LogP contribution is -2.49. The number of nitrogens with two attached hydrogens (primary N) is 1. The van der Waals surface area contributed by atoms with Crippen molar-refractivity contribution in [3.8, 4) is 0 Å². The van der Waals surface area contributed by atoms with Gasteiger partial charge >= 0.3 is 0 Å². The molecule has 1 aliphatic heterocycles. The van der Waals surface area contributed by atoms with Gasteiger partial charge in [-0.3, -0.25) is 4.68 Å². The highest BCUT2D eigenvalue weighted by Gasteiger charge is 2.48. The van der Waals surface area contributed by atoms with E-state index >= 15 is 0 Å². The topological polar surface area (TPSA) is 122 Å². The van der Waals surface area contributed by atoms with Crippen molar-refractivity contribution in [3.05, 3.63) is 63.4 Å². The molecular weight excluding hydrogens is 543 g/mol. The molecular formula is C23H30ClFN6O4S2. The van der Waals surface area contributed by atoms with E-state index in [0.717, 1.165) is 4.31 Å². The largest absolute Gasteiger partial charge is 0.366 e.